The Morgan fingerprint density at radius 2 is 2.06 bits per heavy atom. The van der Waals surface area contributed by atoms with Gasteiger partial charge < -0.3 is 14.9 Å². The Hall–Kier alpha value is -1.26. The van der Waals surface area contributed by atoms with Gasteiger partial charge in [-0.25, -0.2) is 0 Å². The van der Waals surface area contributed by atoms with Crippen LogP contribution in [0.4, 0.5) is 0 Å². The Bertz CT molecular complexity index is 480. The third-order valence-corrected chi connectivity index (χ3v) is 3.48. The highest BCUT2D eigenvalue weighted by atomic mass is 35.5. The van der Waals surface area contributed by atoms with Gasteiger partial charge in [0.15, 0.2) is 0 Å². The number of aryl methyl sites for hydroxylation is 1. The predicted octanol–water partition coefficient (Wildman–Crippen LogP) is 2.65. The van der Waals surface area contributed by atoms with Crippen LogP contribution in [0, 0.1) is 13.8 Å². The minimum absolute atomic E-state index is 0.413. The van der Waals surface area contributed by atoms with Gasteiger partial charge >= 0.3 is 5.97 Å². The van der Waals surface area contributed by atoms with Gasteiger partial charge in [0.1, 0.15) is 11.4 Å². The quantitative estimate of drug-likeness (QED) is 0.884. The molecule has 0 bridgehead atoms. The molecule has 100 valence electrons. The number of benzene rings is 1. The van der Waals surface area contributed by atoms with Gasteiger partial charge in [-0.15, -0.1) is 0 Å². The summed E-state index contributed by atoms with van der Waals surface area (Å²) in [5, 5.41) is 19.7. The number of hydrogen-bond donors (Lipinski definition) is 2. The Balaban J connectivity index is 3.47. The van der Waals surface area contributed by atoms with Crippen molar-refractivity contribution in [2.75, 3.05) is 7.11 Å². The van der Waals surface area contributed by atoms with E-state index in [1.165, 1.54) is 14.0 Å². The third-order valence-electron chi connectivity index (χ3n) is 2.90. The van der Waals surface area contributed by atoms with E-state index < -0.39 is 18.0 Å². The lowest BCUT2D eigenvalue weighted by Crippen LogP contribution is -2.27. The number of aliphatic carboxylic acids is 1. The molecule has 0 heterocycles. The van der Waals surface area contributed by atoms with Crippen molar-refractivity contribution in [1.82, 2.24) is 0 Å². The first kappa shape index (κ1) is 14.8. The standard InChI is InChI=1S/C13H17ClO4/c1-7-5-9(18-4)11(8(2)12(7)14)13(3,17)6-10(15)16/h5,17H,6H2,1-4H3,(H,15,16). The molecule has 0 saturated carbocycles. The summed E-state index contributed by atoms with van der Waals surface area (Å²) < 4.78 is 5.22. The molecule has 2 N–H and O–H groups in total. The summed E-state index contributed by atoms with van der Waals surface area (Å²) in [6, 6.07) is 1.70. The van der Waals surface area contributed by atoms with Crippen molar-refractivity contribution in [3.8, 4) is 5.75 Å². The maximum absolute atomic E-state index is 10.8. The van der Waals surface area contributed by atoms with Gasteiger partial charge in [-0.2, -0.15) is 0 Å². The fraction of sp³-hybridized carbons (Fsp3) is 0.462. The number of carbonyl (C=O) groups is 1. The van der Waals surface area contributed by atoms with Gasteiger partial charge in [-0.05, 0) is 38.0 Å². The van der Waals surface area contributed by atoms with E-state index in [0.29, 0.717) is 21.9 Å². The molecular weight excluding hydrogens is 256 g/mol. The molecule has 1 aromatic carbocycles. The highest BCUT2D eigenvalue weighted by Crippen LogP contribution is 2.39. The molecule has 0 spiro atoms. The van der Waals surface area contributed by atoms with E-state index in [1.807, 2.05) is 6.92 Å². The van der Waals surface area contributed by atoms with Crippen molar-refractivity contribution in [2.24, 2.45) is 0 Å². The second-order valence-electron chi connectivity index (χ2n) is 4.55. The highest BCUT2D eigenvalue weighted by Gasteiger charge is 2.32. The molecule has 18 heavy (non-hydrogen) atoms. The maximum Gasteiger partial charge on any atom is 0.306 e. The van der Waals surface area contributed by atoms with Crippen LogP contribution in [-0.2, 0) is 10.4 Å². The molecule has 5 heteroatoms. The molecule has 0 fully saturated rings. The number of rotatable bonds is 4. The average Bonchev–Trinajstić information content (AvgIpc) is 2.22. The lowest BCUT2D eigenvalue weighted by atomic mass is 9.87. The summed E-state index contributed by atoms with van der Waals surface area (Å²) in [7, 11) is 1.47. The number of aliphatic hydroxyl groups is 1. The van der Waals surface area contributed by atoms with E-state index in [2.05, 4.69) is 0 Å². The topological polar surface area (TPSA) is 66.8 Å². The molecule has 0 aliphatic carbocycles. The smallest absolute Gasteiger partial charge is 0.306 e. The van der Waals surface area contributed by atoms with Crippen LogP contribution in [0.1, 0.15) is 30.0 Å². The fourth-order valence-corrected chi connectivity index (χ4v) is 2.28. The molecule has 0 radical (unpaired) electrons. The zero-order valence-corrected chi connectivity index (χ0v) is 11.6. The van der Waals surface area contributed by atoms with Crippen LogP contribution >= 0.6 is 11.6 Å². The number of carboxylic acids is 1. The molecule has 0 amide bonds. The van der Waals surface area contributed by atoms with E-state index in [1.54, 1.807) is 13.0 Å². The summed E-state index contributed by atoms with van der Waals surface area (Å²) in [5.41, 5.74) is 0.349. The van der Waals surface area contributed by atoms with Crippen molar-refractivity contribution < 1.29 is 19.7 Å². The van der Waals surface area contributed by atoms with Gasteiger partial charge in [0.25, 0.3) is 0 Å². The van der Waals surface area contributed by atoms with Crippen molar-refractivity contribution in [3.05, 3.63) is 27.8 Å². The van der Waals surface area contributed by atoms with Crippen molar-refractivity contribution in [2.45, 2.75) is 32.8 Å². The van der Waals surface area contributed by atoms with Crippen molar-refractivity contribution in [1.29, 1.82) is 0 Å². The van der Waals surface area contributed by atoms with Gasteiger partial charge in [0.05, 0.1) is 13.5 Å². The predicted molar refractivity (Wildman–Crippen MR) is 69.3 cm³/mol. The largest absolute Gasteiger partial charge is 0.496 e. The Morgan fingerprint density at radius 1 is 1.50 bits per heavy atom. The summed E-state index contributed by atoms with van der Waals surface area (Å²) >= 11 is 6.14. The SMILES string of the molecule is COc1cc(C)c(Cl)c(C)c1C(C)(O)CC(=O)O. The first-order valence-corrected chi connectivity index (χ1v) is 5.87. The molecule has 0 aromatic heterocycles. The van der Waals surface area contributed by atoms with Crippen molar-refractivity contribution in [3.63, 3.8) is 0 Å². The summed E-state index contributed by atoms with van der Waals surface area (Å²) in [4.78, 5) is 10.8. The normalized spacial score (nSPS) is 14.1. The summed E-state index contributed by atoms with van der Waals surface area (Å²) in [5.74, 6) is -0.640. The Morgan fingerprint density at radius 3 is 2.50 bits per heavy atom. The molecular formula is C13H17ClO4. The van der Waals surface area contributed by atoms with Crippen LogP contribution < -0.4 is 4.74 Å². The van der Waals surface area contributed by atoms with Crippen LogP contribution in [0.15, 0.2) is 6.07 Å². The monoisotopic (exact) mass is 272 g/mol. The maximum atomic E-state index is 10.8. The molecule has 4 nitrogen and oxygen atoms in total. The van der Waals surface area contributed by atoms with Crippen LogP contribution in [0.25, 0.3) is 0 Å². The van der Waals surface area contributed by atoms with Crippen molar-refractivity contribution >= 4 is 17.6 Å². The van der Waals surface area contributed by atoms with Gasteiger partial charge in [-0.3, -0.25) is 4.79 Å². The molecule has 1 atom stereocenters. The number of halogens is 1. The minimum Gasteiger partial charge on any atom is -0.496 e. The summed E-state index contributed by atoms with van der Waals surface area (Å²) in [6.45, 7) is 5.01. The highest BCUT2D eigenvalue weighted by molar-refractivity contribution is 6.32. The number of ether oxygens (including phenoxy) is 1. The first-order valence-electron chi connectivity index (χ1n) is 5.49. The van der Waals surface area contributed by atoms with Gasteiger partial charge in [0.2, 0.25) is 0 Å². The lowest BCUT2D eigenvalue weighted by molar-refractivity contribution is -0.142. The molecule has 0 aliphatic heterocycles. The third kappa shape index (κ3) is 2.76. The minimum atomic E-state index is -1.53. The fourth-order valence-electron chi connectivity index (χ4n) is 2.14. The number of methoxy groups -OCH3 is 1. The van der Waals surface area contributed by atoms with E-state index >= 15 is 0 Å². The average molecular weight is 273 g/mol. The summed E-state index contributed by atoms with van der Waals surface area (Å²) in [6.07, 6.45) is -0.413. The van der Waals surface area contributed by atoms with E-state index in [4.69, 9.17) is 21.4 Å². The van der Waals surface area contributed by atoms with Crippen LogP contribution in [0.3, 0.4) is 0 Å². The van der Waals surface area contributed by atoms with E-state index in [9.17, 15) is 9.90 Å². The second kappa shape index (κ2) is 5.16. The zero-order chi connectivity index (χ0) is 14.1. The Kier molecular flexibility index (Phi) is 4.24. The molecule has 0 aliphatic rings. The molecule has 1 aromatic rings. The number of carboxylic acid groups (broad SMARTS) is 1. The lowest BCUT2D eigenvalue weighted by Gasteiger charge is -2.27. The Labute approximate surface area is 111 Å². The van der Waals surface area contributed by atoms with Crippen LogP contribution in [0.5, 0.6) is 5.75 Å². The molecule has 0 saturated heterocycles. The van der Waals surface area contributed by atoms with Gasteiger partial charge in [-0.1, -0.05) is 11.6 Å². The van der Waals surface area contributed by atoms with Gasteiger partial charge in [0, 0.05) is 10.6 Å². The number of hydrogen-bond acceptors (Lipinski definition) is 3. The first-order chi connectivity index (χ1) is 8.20. The second-order valence-corrected chi connectivity index (χ2v) is 4.93. The van der Waals surface area contributed by atoms with E-state index in [0.717, 1.165) is 5.56 Å². The van der Waals surface area contributed by atoms with E-state index in [-0.39, 0.29) is 0 Å². The zero-order valence-electron chi connectivity index (χ0n) is 10.9. The van der Waals surface area contributed by atoms with Crippen LogP contribution in [-0.4, -0.2) is 23.3 Å². The van der Waals surface area contributed by atoms with Crippen LogP contribution in [0.2, 0.25) is 5.02 Å². The molecule has 1 unspecified atom stereocenters. The molecule has 1 rings (SSSR count).